The summed E-state index contributed by atoms with van der Waals surface area (Å²) in [5.74, 6) is -0.345. The standard InChI is InChI=1S/C15H15BrN2O4/c16-7-2-8-22-15(19)12-5-6-14(17-10-12)11-3-1-4-13(9-11)18(20)21/h1,3-4,6,9-10,17H,2,5,7-8H2. The van der Waals surface area contributed by atoms with Crippen molar-refractivity contribution in [1.29, 1.82) is 0 Å². The number of benzene rings is 1. The molecule has 0 aromatic heterocycles. The van der Waals surface area contributed by atoms with E-state index in [2.05, 4.69) is 21.2 Å². The van der Waals surface area contributed by atoms with Gasteiger partial charge in [0, 0.05) is 41.3 Å². The summed E-state index contributed by atoms with van der Waals surface area (Å²) in [4.78, 5) is 22.2. The van der Waals surface area contributed by atoms with E-state index in [0.29, 0.717) is 24.2 Å². The Morgan fingerprint density at radius 3 is 2.91 bits per heavy atom. The highest BCUT2D eigenvalue weighted by molar-refractivity contribution is 9.09. The van der Waals surface area contributed by atoms with Crippen molar-refractivity contribution in [2.75, 3.05) is 11.9 Å². The molecule has 0 spiro atoms. The molecule has 1 aliphatic rings. The molecule has 1 heterocycles. The molecule has 0 bridgehead atoms. The molecule has 1 aromatic carbocycles. The number of hydrogen-bond donors (Lipinski definition) is 1. The first-order valence-electron chi connectivity index (χ1n) is 6.75. The summed E-state index contributed by atoms with van der Waals surface area (Å²) in [6.45, 7) is 0.378. The first-order chi connectivity index (χ1) is 10.6. The number of nitrogens with zero attached hydrogens (tertiary/aromatic N) is 1. The van der Waals surface area contributed by atoms with Crippen LogP contribution in [0.25, 0.3) is 5.70 Å². The number of rotatable bonds is 6. The van der Waals surface area contributed by atoms with E-state index >= 15 is 0 Å². The molecule has 0 aliphatic carbocycles. The van der Waals surface area contributed by atoms with Crippen molar-refractivity contribution in [3.8, 4) is 0 Å². The van der Waals surface area contributed by atoms with Crippen molar-refractivity contribution in [2.45, 2.75) is 12.8 Å². The second-order valence-electron chi connectivity index (χ2n) is 4.62. The molecule has 0 atom stereocenters. The topological polar surface area (TPSA) is 81.5 Å². The first-order valence-corrected chi connectivity index (χ1v) is 7.87. The van der Waals surface area contributed by atoms with E-state index in [1.807, 2.05) is 6.08 Å². The Balaban J connectivity index is 1.99. The number of ether oxygens (including phenoxy) is 1. The van der Waals surface area contributed by atoms with Crippen molar-refractivity contribution in [2.24, 2.45) is 0 Å². The summed E-state index contributed by atoms with van der Waals surface area (Å²) in [7, 11) is 0. The van der Waals surface area contributed by atoms with Gasteiger partial charge in [-0.1, -0.05) is 34.1 Å². The van der Waals surface area contributed by atoms with Gasteiger partial charge >= 0.3 is 5.97 Å². The minimum Gasteiger partial charge on any atom is -0.462 e. The number of allylic oxidation sites excluding steroid dienone is 1. The summed E-state index contributed by atoms with van der Waals surface area (Å²) in [6, 6.07) is 6.34. The van der Waals surface area contributed by atoms with Crippen LogP contribution in [0.15, 0.2) is 42.1 Å². The fourth-order valence-corrected chi connectivity index (χ4v) is 2.17. The van der Waals surface area contributed by atoms with E-state index in [4.69, 9.17) is 4.74 Å². The maximum absolute atomic E-state index is 11.8. The zero-order valence-electron chi connectivity index (χ0n) is 11.8. The zero-order chi connectivity index (χ0) is 15.9. The number of dihydropyridines is 1. The molecule has 0 fully saturated rings. The van der Waals surface area contributed by atoms with Gasteiger partial charge in [-0.25, -0.2) is 4.79 Å². The van der Waals surface area contributed by atoms with Crippen molar-refractivity contribution in [3.63, 3.8) is 0 Å². The Morgan fingerprint density at radius 1 is 1.45 bits per heavy atom. The van der Waals surface area contributed by atoms with Crippen molar-refractivity contribution in [3.05, 3.63) is 57.8 Å². The van der Waals surface area contributed by atoms with Gasteiger partial charge in [0.1, 0.15) is 0 Å². The minimum absolute atomic E-state index is 0.0316. The van der Waals surface area contributed by atoms with Crippen LogP contribution >= 0.6 is 15.9 Å². The van der Waals surface area contributed by atoms with Gasteiger partial charge in [0.25, 0.3) is 5.69 Å². The third kappa shape index (κ3) is 4.17. The highest BCUT2D eigenvalue weighted by Crippen LogP contribution is 2.22. The summed E-state index contributed by atoms with van der Waals surface area (Å²) in [5, 5.41) is 14.6. The Labute approximate surface area is 136 Å². The maximum atomic E-state index is 11.8. The number of esters is 1. The lowest BCUT2D eigenvalue weighted by atomic mass is 10.1. The van der Waals surface area contributed by atoms with Gasteiger partial charge in [-0.3, -0.25) is 10.1 Å². The van der Waals surface area contributed by atoms with Crippen LogP contribution in [0.4, 0.5) is 5.69 Å². The molecule has 0 radical (unpaired) electrons. The molecule has 0 saturated carbocycles. The van der Waals surface area contributed by atoms with E-state index in [-0.39, 0.29) is 11.7 Å². The fourth-order valence-electron chi connectivity index (χ4n) is 1.94. The van der Waals surface area contributed by atoms with Crippen LogP contribution in [0.1, 0.15) is 18.4 Å². The van der Waals surface area contributed by atoms with Crippen LogP contribution in [-0.4, -0.2) is 22.8 Å². The minimum atomic E-state index is -0.435. The van der Waals surface area contributed by atoms with Crippen molar-refractivity contribution < 1.29 is 14.5 Å². The Hall–Kier alpha value is -2.15. The van der Waals surface area contributed by atoms with E-state index in [0.717, 1.165) is 17.4 Å². The summed E-state index contributed by atoms with van der Waals surface area (Å²) >= 11 is 3.27. The fraction of sp³-hybridized carbons (Fsp3) is 0.267. The van der Waals surface area contributed by atoms with Gasteiger partial charge in [-0.2, -0.15) is 0 Å². The monoisotopic (exact) mass is 366 g/mol. The maximum Gasteiger partial charge on any atom is 0.335 e. The van der Waals surface area contributed by atoms with Gasteiger partial charge in [0.05, 0.1) is 17.1 Å². The van der Waals surface area contributed by atoms with Gasteiger partial charge in [0.15, 0.2) is 0 Å². The number of carbonyl (C=O) groups is 1. The van der Waals surface area contributed by atoms with E-state index < -0.39 is 4.92 Å². The number of nitro groups is 1. The number of nitrogens with one attached hydrogen (secondary N) is 1. The number of hydrogen-bond acceptors (Lipinski definition) is 5. The molecule has 0 amide bonds. The van der Waals surface area contributed by atoms with Crippen LogP contribution < -0.4 is 5.32 Å². The normalized spacial score (nSPS) is 13.7. The van der Waals surface area contributed by atoms with Gasteiger partial charge in [0.2, 0.25) is 0 Å². The van der Waals surface area contributed by atoms with Crippen LogP contribution in [0, 0.1) is 10.1 Å². The van der Waals surface area contributed by atoms with Crippen LogP contribution in [0.3, 0.4) is 0 Å². The van der Waals surface area contributed by atoms with E-state index in [1.165, 1.54) is 12.1 Å². The summed E-state index contributed by atoms with van der Waals surface area (Å²) in [6.07, 6.45) is 4.60. The third-order valence-electron chi connectivity index (χ3n) is 3.07. The quantitative estimate of drug-likeness (QED) is 0.275. The second kappa shape index (κ2) is 7.74. The van der Waals surface area contributed by atoms with E-state index in [9.17, 15) is 14.9 Å². The lowest BCUT2D eigenvalue weighted by molar-refractivity contribution is -0.384. The van der Waals surface area contributed by atoms with Crippen LogP contribution in [0.2, 0.25) is 0 Å². The zero-order valence-corrected chi connectivity index (χ0v) is 13.3. The van der Waals surface area contributed by atoms with E-state index in [1.54, 1.807) is 18.3 Å². The Morgan fingerprint density at radius 2 is 2.27 bits per heavy atom. The predicted molar refractivity (Wildman–Crippen MR) is 86.3 cm³/mol. The molecule has 6 nitrogen and oxygen atoms in total. The molecule has 0 saturated heterocycles. The van der Waals surface area contributed by atoms with Crippen molar-refractivity contribution in [1.82, 2.24) is 5.32 Å². The largest absolute Gasteiger partial charge is 0.462 e. The van der Waals surface area contributed by atoms with Crippen LogP contribution in [0.5, 0.6) is 0 Å². The lowest BCUT2D eigenvalue weighted by Crippen LogP contribution is -2.16. The predicted octanol–water partition coefficient (Wildman–Crippen LogP) is 3.14. The average molecular weight is 367 g/mol. The van der Waals surface area contributed by atoms with Crippen molar-refractivity contribution >= 4 is 33.3 Å². The Kier molecular flexibility index (Phi) is 5.71. The number of non-ortho nitro benzene ring substituents is 1. The van der Waals surface area contributed by atoms with Crippen LogP contribution in [-0.2, 0) is 9.53 Å². The molecular formula is C15H15BrN2O4. The summed E-state index contributed by atoms with van der Waals surface area (Å²) in [5.41, 5.74) is 2.01. The number of alkyl halides is 1. The SMILES string of the molecule is O=C(OCCCBr)C1=CNC(c2cccc([N+](=O)[O-])c2)=CC1. The highest BCUT2D eigenvalue weighted by atomic mass is 79.9. The molecular weight excluding hydrogens is 352 g/mol. The molecule has 1 N–H and O–H groups in total. The lowest BCUT2D eigenvalue weighted by Gasteiger charge is -2.15. The van der Waals surface area contributed by atoms with Gasteiger partial charge < -0.3 is 10.1 Å². The third-order valence-corrected chi connectivity index (χ3v) is 3.63. The Bertz CT molecular complexity index is 640. The number of nitro benzene ring substituents is 1. The second-order valence-corrected chi connectivity index (χ2v) is 5.41. The first kappa shape index (κ1) is 16.2. The molecule has 1 aromatic rings. The smallest absolute Gasteiger partial charge is 0.335 e. The average Bonchev–Trinajstić information content (AvgIpc) is 2.55. The molecule has 7 heteroatoms. The van der Waals surface area contributed by atoms with Gasteiger partial charge in [-0.05, 0) is 6.42 Å². The molecule has 116 valence electrons. The highest BCUT2D eigenvalue weighted by Gasteiger charge is 2.16. The molecule has 1 aliphatic heterocycles. The summed E-state index contributed by atoms with van der Waals surface area (Å²) < 4.78 is 5.12. The molecule has 2 rings (SSSR count). The molecule has 22 heavy (non-hydrogen) atoms. The number of halogens is 1. The molecule has 0 unspecified atom stereocenters. The van der Waals surface area contributed by atoms with Gasteiger partial charge in [-0.15, -0.1) is 0 Å². The number of carbonyl (C=O) groups excluding carboxylic acids is 1.